The van der Waals surface area contributed by atoms with Crippen LogP contribution in [0.4, 0.5) is 0 Å². The highest BCUT2D eigenvalue weighted by atomic mass is 16.2. The monoisotopic (exact) mass is 212 g/mol. The van der Waals surface area contributed by atoms with Gasteiger partial charge >= 0.3 is 0 Å². The number of nitrogens with zero attached hydrogens (tertiary/aromatic N) is 1. The number of likely N-dealkylation sites (tertiary alicyclic amines) is 1. The molecule has 0 aromatic rings. The van der Waals surface area contributed by atoms with Crippen LogP contribution >= 0.6 is 0 Å². The highest BCUT2D eigenvalue weighted by molar-refractivity contribution is 5.78. The molecule has 1 heterocycles. The second-order valence-electron chi connectivity index (χ2n) is 5.62. The van der Waals surface area contributed by atoms with E-state index in [1.807, 2.05) is 4.90 Å². The zero-order valence-corrected chi connectivity index (χ0v) is 10.5. The van der Waals surface area contributed by atoms with Gasteiger partial charge in [0.15, 0.2) is 0 Å². The van der Waals surface area contributed by atoms with E-state index in [-0.39, 0.29) is 5.91 Å². The van der Waals surface area contributed by atoms with Gasteiger partial charge in [0.05, 0.1) is 6.54 Å². The zero-order chi connectivity index (χ0) is 11.5. The van der Waals surface area contributed by atoms with Crippen molar-refractivity contribution >= 4 is 5.91 Å². The SMILES string of the molecule is CC(C)NCC(=O)N1CCCC(C)(C)C1. The van der Waals surface area contributed by atoms with E-state index < -0.39 is 0 Å². The molecule has 0 spiro atoms. The van der Waals surface area contributed by atoms with Crippen LogP contribution < -0.4 is 5.32 Å². The van der Waals surface area contributed by atoms with E-state index in [1.165, 1.54) is 6.42 Å². The van der Waals surface area contributed by atoms with Crippen molar-refractivity contribution in [1.82, 2.24) is 10.2 Å². The number of amides is 1. The Hall–Kier alpha value is -0.570. The maximum Gasteiger partial charge on any atom is 0.236 e. The Morgan fingerprint density at radius 1 is 1.47 bits per heavy atom. The van der Waals surface area contributed by atoms with Gasteiger partial charge in [-0.3, -0.25) is 4.79 Å². The Bertz CT molecular complexity index is 224. The maximum atomic E-state index is 11.9. The van der Waals surface area contributed by atoms with Gasteiger partial charge in [-0.1, -0.05) is 27.7 Å². The van der Waals surface area contributed by atoms with E-state index in [4.69, 9.17) is 0 Å². The lowest BCUT2D eigenvalue weighted by Crippen LogP contribution is -2.47. The Morgan fingerprint density at radius 3 is 2.67 bits per heavy atom. The Labute approximate surface area is 93.2 Å². The average Bonchev–Trinajstić information content (AvgIpc) is 2.12. The van der Waals surface area contributed by atoms with Crippen LogP contribution in [-0.2, 0) is 4.79 Å². The molecule has 0 atom stereocenters. The third-order valence-corrected chi connectivity index (χ3v) is 2.91. The quantitative estimate of drug-likeness (QED) is 0.771. The van der Waals surface area contributed by atoms with Crippen LogP contribution in [0.2, 0.25) is 0 Å². The summed E-state index contributed by atoms with van der Waals surface area (Å²) >= 11 is 0. The van der Waals surface area contributed by atoms with Crippen LogP contribution in [0, 0.1) is 5.41 Å². The molecule has 15 heavy (non-hydrogen) atoms. The summed E-state index contributed by atoms with van der Waals surface area (Å²) in [6, 6.07) is 0.381. The van der Waals surface area contributed by atoms with Crippen LogP contribution in [-0.4, -0.2) is 36.5 Å². The van der Waals surface area contributed by atoms with Gasteiger partial charge in [-0.25, -0.2) is 0 Å². The summed E-state index contributed by atoms with van der Waals surface area (Å²) in [5, 5.41) is 3.18. The third-order valence-electron chi connectivity index (χ3n) is 2.91. The number of rotatable bonds is 3. The number of carbonyl (C=O) groups excluding carboxylic acids is 1. The topological polar surface area (TPSA) is 32.3 Å². The third kappa shape index (κ3) is 4.20. The second kappa shape index (κ2) is 4.97. The molecule has 0 unspecified atom stereocenters. The molecule has 0 aromatic heterocycles. The first kappa shape index (κ1) is 12.5. The number of hydrogen-bond acceptors (Lipinski definition) is 2. The van der Waals surface area contributed by atoms with Crippen molar-refractivity contribution in [2.45, 2.75) is 46.6 Å². The van der Waals surface area contributed by atoms with Crippen molar-refractivity contribution in [1.29, 1.82) is 0 Å². The van der Waals surface area contributed by atoms with Crippen molar-refractivity contribution in [3.8, 4) is 0 Å². The molecular weight excluding hydrogens is 188 g/mol. The molecule has 88 valence electrons. The van der Waals surface area contributed by atoms with E-state index in [0.717, 1.165) is 19.5 Å². The fourth-order valence-electron chi connectivity index (χ4n) is 2.04. The molecule has 1 amide bonds. The largest absolute Gasteiger partial charge is 0.341 e. The lowest BCUT2D eigenvalue weighted by atomic mass is 9.84. The van der Waals surface area contributed by atoms with Crippen LogP contribution in [0.3, 0.4) is 0 Å². The van der Waals surface area contributed by atoms with E-state index in [1.54, 1.807) is 0 Å². The van der Waals surface area contributed by atoms with Crippen molar-refractivity contribution in [3.05, 3.63) is 0 Å². The molecule has 1 N–H and O–H groups in total. The first-order valence-corrected chi connectivity index (χ1v) is 5.92. The standard InChI is InChI=1S/C12H24N2O/c1-10(2)13-8-11(15)14-7-5-6-12(3,4)9-14/h10,13H,5-9H2,1-4H3. The highest BCUT2D eigenvalue weighted by Crippen LogP contribution is 2.28. The first-order chi connectivity index (χ1) is 6.91. The lowest BCUT2D eigenvalue weighted by molar-refractivity contribution is -0.133. The predicted molar refractivity (Wildman–Crippen MR) is 62.7 cm³/mol. The van der Waals surface area contributed by atoms with Crippen molar-refractivity contribution in [2.24, 2.45) is 5.41 Å². The van der Waals surface area contributed by atoms with Crippen molar-refractivity contribution < 1.29 is 4.79 Å². The molecule has 1 fully saturated rings. The molecule has 3 heteroatoms. The fraction of sp³-hybridized carbons (Fsp3) is 0.917. The summed E-state index contributed by atoms with van der Waals surface area (Å²) in [7, 11) is 0. The highest BCUT2D eigenvalue weighted by Gasteiger charge is 2.28. The molecule has 0 aromatic carbocycles. The van der Waals surface area contributed by atoms with Gasteiger partial charge in [-0.15, -0.1) is 0 Å². The fourth-order valence-corrected chi connectivity index (χ4v) is 2.04. The first-order valence-electron chi connectivity index (χ1n) is 5.92. The smallest absolute Gasteiger partial charge is 0.236 e. The second-order valence-corrected chi connectivity index (χ2v) is 5.62. The van der Waals surface area contributed by atoms with Gasteiger partial charge < -0.3 is 10.2 Å². The maximum absolute atomic E-state index is 11.9. The molecule has 1 rings (SSSR count). The minimum Gasteiger partial charge on any atom is -0.341 e. The summed E-state index contributed by atoms with van der Waals surface area (Å²) in [5.41, 5.74) is 0.297. The Balaban J connectivity index is 2.39. The molecule has 1 aliphatic rings. The summed E-state index contributed by atoms with van der Waals surface area (Å²) in [5.74, 6) is 0.247. The van der Waals surface area contributed by atoms with Gasteiger partial charge in [0.25, 0.3) is 0 Å². The number of hydrogen-bond donors (Lipinski definition) is 1. The van der Waals surface area contributed by atoms with Crippen LogP contribution in [0.15, 0.2) is 0 Å². The van der Waals surface area contributed by atoms with Gasteiger partial charge in [0, 0.05) is 19.1 Å². The minimum absolute atomic E-state index is 0.247. The molecule has 0 saturated carbocycles. The molecule has 0 aliphatic carbocycles. The Kier molecular flexibility index (Phi) is 4.14. The van der Waals surface area contributed by atoms with Crippen molar-refractivity contribution in [3.63, 3.8) is 0 Å². The van der Waals surface area contributed by atoms with Gasteiger partial charge in [-0.2, -0.15) is 0 Å². The van der Waals surface area contributed by atoms with Gasteiger partial charge in [0.1, 0.15) is 0 Å². The molecule has 3 nitrogen and oxygen atoms in total. The van der Waals surface area contributed by atoms with E-state index in [9.17, 15) is 4.79 Å². The summed E-state index contributed by atoms with van der Waals surface area (Å²) < 4.78 is 0. The molecule has 0 radical (unpaired) electrons. The summed E-state index contributed by atoms with van der Waals surface area (Å²) in [6.45, 7) is 10.9. The summed E-state index contributed by atoms with van der Waals surface area (Å²) in [4.78, 5) is 13.9. The lowest BCUT2D eigenvalue weighted by Gasteiger charge is -2.38. The molecular formula is C12H24N2O. The molecule has 1 saturated heterocycles. The molecule has 0 bridgehead atoms. The number of piperidine rings is 1. The van der Waals surface area contributed by atoms with Crippen LogP contribution in [0.25, 0.3) is 0 Å². The minimum atomic E-state index is 0.247. The zero-order valence-electron chi connectivity index (χ0n) is 10.5. The van der Waals surface area contributed by atoms with E-state index in [0.29, 0.717) is 18.0 Å². The number of nitrogens with one attached hydrogen (secondary N) is 1. The normalized spacial score (nSPS) is 20.7. The number of carbonyl (C=O) groups is 1. The van der Waals surface area contributed by atoms with Crippen LogP contribution in [0.1, 0.15) is 40.5 Å². The van der Waals surface area contributed by atoms with Gasteiger partial charge in [0.2, 0.25) is 5.91 Å². The van der Waals surface area contributed by atoms with Crippen molar-refractivity contribution in [2.75, 3.05) is 19.6 Å². The molecule has 1 aliphatic heterocycles. The van der Waals surface area contributed by atoms with Gasteiger partial charge in [-0.05, 0) is 18.3 Å². The van der Waals surface area contributed by atoms with E-state index in [2.05, 4.69) is 33.0 Å². The predicted octanol–water partition coefficient (Wildman–Crippen LogP) is 1.63. The average molecular weight is 212 g/mol. The van der Waals surface area contributed by atoms with E-state index >= 15 is 0 Å². The van der Waals surface area contributed by atoms with Crippen LogP contribution in [0.5, 0.6) is 0 Å². The Morgan fingerprint density at radius 2 is 2.13 bits per heavy atom. The summed E-state index contributed by atoms with van der Waals surface area (Å²) in [6.07, 6.45) is 2.37.